The fraction of sp³-hybridized carbons (Fsp3) is 0.200. The molecule has 0 bridgehead atoms. The van der Waals surface area contributed by atoms with E-state index in [9.17, 15) is 9.59 Å². The maximum absolute atomic E-state index is 11.9. The van der Waals surface area contributed by atoms with Crippen molar-refractivity contribution in [1.82, 2.24) is 4.57 Å². The Balaban J connectivity index is 2.09. The van der Waals surface area contributed by atoms with Crippen molar-refractivity contribution in [1.29, 1.82) is 0 Å². The minimum Gasteiger partial charge on any atom is -0.462 e. The maximum Gasteiger partial charge on any atom is 0.340 e. The van der Waals surface area contributed by atoms with Gasteiger partial charge in [-0.1, -0.05) is 12.1 Å². The number of nitrogens with zero attached hydrogens (tertiary/aromatic N) is 1. The molecule has 5 nitrogen and oxygen atoms in total. The predicted molar refractivity (Wildman–Crippen MR) is 75.5 cm³/mol. The predicted octanol–water partition coefficient (Wildman–Crippen LogP) is 2.30. The van der Waals surface area contributed by atoms with E-state index in [0.717, 1.165) is 0 Å². The van der Waals surface area contributed by atoms with Gasteiger partial charge in [-0.25, -0.2) is 4.79 Å². The Morgan fingerprint density at radius 1 is 1.15 bits per heavy atom. The van der Waals surface area contributed by atoms with Crippen molar-refractivity contribution in [2.75, 3.05) is 11.9 Å². The van der Waals surface area contributed by atoms with Gasteiger partial charge in [0.15, 0.2) is 0 Å². The third-order valence-corrected chi connectivity index (χ3v) is 2.69. The number of amides is 1. The van der Waals surface area contributed by atoms with Gasteiger partial charge in [0.05, 0.1) is 17.9 Å². The Morgan fingerprint density at radius 2 is 1.85 bits per heavy atom. The van der Waals surface area contributed by atoms with Gasteiger partial charge < -0.3 is 14.6 Å². The van der Waals surface area contributed by atoms with E-state index in [4.69, 9.17) is 4.74 Å². The Hall–Kier alpha value is -2.56. The van der Waals surface area contributed by atoms with Crippen LogP contribution in [-0.4, -0.2) is 23.1 Å². The SMILES string of the molecule is CCOC(=O)c1ccccc1NC(=O)Cn1cccc1. The minimum absolute atomic E-state index is 0.196. The van der Waals surface area contributed by atoms with Crippen LogP contribution in [0, 0.1) is 0 Å². The average molecular weight is 272 g/mol. The summed E-state index contributed by atoms with van der Waals surface area (Å²) in [7, 11) is 0. The summed E-state index contributed by atoms with van der Waals surface area (Å²) < 4.78 is 6.71. The normalized spacial score (nSPS) is 10.1. The molecule has 1 N–H and O–H groups in total. The van der Waals surface area contributed by atoms with Gasteiger partial charge in [0.25, 0.3) is 0 Å². The number of rotatable bonds is 5. The maximum atomic E-state index is 11.9. The van der Waals surface area contributed by atoms with Crippen molar-refractivity contribution in [2.45, 2.75) is 13.5 Å². The van der Waals surface area contributed by atoms with Crippen LogP contribution in [0.3, 0.4) is 0 Å². The van der Waals surface area contributed by atoms with Crippen molar-refractivity contribution in [3.63, 3.8) is 0 Å². The first kappa shape index (κ1) is 13.9. The summed E-state index contributed by atoms with van der Waals surface area (Å²) in [6.07, 6.45) is 3.60. The molecule has 0 aliphatic heterocycles. The molecule has 2 aromatic rings. The van der Waals surface area contributed by atoms with E-state index < -0.39 is 5.97 Å². The van der Waals surface area contributed by atoms with E-state index >= 15 is 0 Å². The number of anilines is 1. The van der Waals surface area contributed by atoms with Crippen LogP contribution >= 0.6 is 0 Å². The summed E-state index contributed by atoms with van der Waals surface area (Å²) in [5.41, 5.74) is 0.818. The van der Waals surface area contributed by atoms with E-state index in [0.29, 0.717) is 17.9 Å². The van der Waals surface area contributed by atoms with Gasteiger partial charge in [0.1, 0.15) is 6.54 Å². The first-order valence-electron chi connectivity index (χ1n) is 6.37. The lowest BCUT2D eigenvalue weighted by Crippen LogP contribution is -2.20. The van der Waals surface area contributed by atoms with Crippen molar-refractivity contribution in [2.24, 2.45) is 0 Å². The molecule has 0 saturated heterocycles. The molecule has 0 radical (unpaired) electrons. The Bertz CT molecular complexity index is 591. The number of benzene rings is 1. The first-order chi connectivity index (χ1) is 9.70. The van der Waals surface area contributed by atoms with Crippen LogP contribution in [0.2, 0.25) is 0 Å². The summed E-state index contributed by atoms with van der Waals surface area (Å²) in [5, 5.41) is 2.73. The summed E-state index contributed by atoms with van der Waals surface area (Å²) in [4.78, 5) is 23.7. The van der Waals surface area contributed by atoms with Gasteiger partial charge in [0.2, 0.25) is 5.91 Å². The number of para-hydroxylation sites is 1. The summed E-state index contributed by atoms with van der Waals surface area (Å²) in [6, 6.07) is 10.5. The second-order valence-electron chi connectivity index (χ2n) is 4.17. The largest absolute Gasteiger partial charge is 0.462 e. The number of hydrogen-bond donors (Lipinski definition) is 1. The van der Waals surface area contributed by atoms with Crippen LogP contribution in [0.25, 0.3) is 0 Å². The quantitative estimate of drug-likeness (QED) is 0.850. The minimum atomic E-state index is -0.440. The van der Waals surface area contributed by atoms with Crippen molar-refractivity contribution in [3.8, 4) is 0 Å². The van der Waals surface area contributed by atoms with Crippen LogP contribution < -0.4 is 5.32 Å². The van der Waals surface area contributed by atoms with E-state index in [1.54, 1.807) is 48.1 Å². The van der Waals surface area contributed by atoms with Crippen LogP contribution in [0.5, 0.6) is 0 Å². The lowest BCUT2D eigenvalue weighted by Gasteiger charge is -2.10. The van der Waals surface area contributed by atoms with Crippen molar-refractivity contribution in [3.05, 3.63) is 54.4 Å². The molecule has 0 aliphatic rings. The molecular weight excluding hydrogens is 256 g/mol. The summed E-state index contributed by atoms with van der Waals surface area (Å²) >= 11 is 0. The van der Waals surface area contributed by atoms with Crippen molar-refractivity contribution >= 4 is 17.6 Å². The van der Waals surface area contributed by atoms with E-state index in [1.807, 2.05) is 12.1 Å². The molecule has 1 aromatic heterocycles. The van der Waals surface area contributed by atoms with E-state index in [1.165, 1.54) is 0 Å². The highest BCUT2D eigenvalue weighted by Gasteiger charge is 2.13. The molecule has 0 saturated carbocycles. The van der Waals surface area contributed by atoms with Crippen LogP contribution in [0.1, 0.15) is 17.3 Å². The number of nitrogens with one attached hydrogen (secondary N) is 1. The third kappa shape index (κ3) is 3.47. The Morgan fingerprint density at radius 3 is 2.55 bits per heavy atom. The molecule has 20 heavy (non-hydrogen) atoms. The Kier molecular flexibility index (Phi) is 4.55. The van der Waals surface area contributed by atoms with Crippen LogP contribution in [0.4, 0.5) is 5.69 Å². The average Bonchev–Trinajstić information content (AvgIpc) is 2.92. The number of esters is 1. The smallest absolute Gasteiger partial charge is 0.340 e. The van der Waals surface area contributed by atoms with Gasteiger partial charge in [-0.3, -0.25) is 4.79 Å². The number of aromatic nitrogens is 1. The molecule has 0 fully saturated rings. The molecule has 1 aromatic carbocycles. The zero-order chi connectivity index (χ0) is 14.4. The molecule has 0 spiro atoms. The Labute approximate surface area is 117 Å². The molecule has 0 atom stereocenters. The fourth-order valence-electron chi connectivity index (χ4n) is 1.81. The molecule has 0 unspecified atom stereocenters. The molecule has 1 heterocycles. The van der Waals surface area contributed by atoms with Gasteiger partial charge in [0, 0.05) is 12.4 Å². The standard InChI is InChI=1S/C15H16N2O3/c1-2-20-15(19)12-7-3-4-8-13(12)16-14(18)11-17-9-5-6-10-17/h3-10H,2,11H2,1H3,(H,16,18). The summed E-state index contributed by atoms with van der Waals surface area (Å²) in [5.74, 6) is -0.637. The van der Waals surface area contributed by atoms with Crippen LogP contribution in [-0.2, 0) is 16.1 Å². The zero-order valence-corrected chi connectivity index (χ0v) is 11.2. The van der Waals surface area contributed by atoms with E-state index in [-0.39, 0.29) is 12.5 Å². The highest BCUT2D eigenvalue weighted by Crippen LogP contribution is 2.16. The molecule has 104 valence electrons. The molecule has 5 heteroatoms. The topological polar surface area (TPSA) is 60.3 Å². The molecule has 1 amide bonds. The lowest BCUT2D eigenvalue weighted by atomic mass is 10.2. The van der Waals surface area contributed by atoms with Gasteiger partial charge in [-0.2, -0.15) is 0 Å². The highest BCUT2D eigenvalue weighted by atomic mass is 16.5. The monoisotopic (exact) mass is 272 g/mol. The zero-order valence-electron chi connectivity index (χ0n) is 11.2. The van der Waals surface area contributed by atoms with Gasteiger partial charge in [-0.15, -0.1) is 0 Å². The fourth-order valence-corrected chi connectivity index (χ4v) is 1.81. The van der Waals surface area contributed by atoms with Gasteiger partial charge >= 0.3 is 5.97 Å². The second-order valence-corrected chi connectivity index (χ2v) is 4.17. The molecule has 0 aliphatic carbocycles. The number of ether oxygens (including phenoxy) is 1. The first-order valence-corrected chi connectivity index (χ1v) is 6.37. The van der Waals surface area contributed by atoms with Gasteiger partial charge in [-0.05, 0) is 31.2 Å². The van der Waals surface area contributed by atoms with Crippen LogP contribution in [0.15, 0.2) is 48.8 Å². The second kappa shape index (κ2) is 6.56. The van der Waals surface area contributed by atoms with Crippen molar-refractivity contribution < 1.29 is 14.3 Å². The molecule has 2 rings (SSSR count). The number of carbonyl (C=O) groups is 2. The lowest BCUT2D eigenvalue weighted by molar-refractivity contribution is -0.116. The molecular formula is C15H16N2O3. The number of hydrogen-bond acceptors (Lipinski definition) is 3. The highest BCUT2D eigenvalue weighted by molar-refractivity contribution is 6.01. The number of carbonyl (C=O) groups excluding carboxylic acids is 2. The third-order valence-electron chi connectivity index (χ3n) is 2.69. The summed E-state index contributed by atoms with van der Waals surface area (Å²) in [6.45, 7) is 2.24. The van der Waals surface area contributed by atoms with E-state index in [2.05, 4.69) is 5.32 Å².